The molecule has 6 nitrogen and oxygen atoms in total. The highest BCUT2D eigenvalue weighted by Gasteiger charge is 2.33. The number of carbonyl (C=O) groups excluding carboxylic acids is 2. The Morgan fingerprint density at radius 1 is 1.21 bits per heavy atom. The number of aliphatic hydroxyl groups excluding tert-OH is 1. The monoisotopic (exact) mass is 463 g/mol. The van der Waals surface area contributed by atoms with E-state index in [2.05, 4.69) is 19.2 Å². The van der Waals surface area contributed by atoms with Crippen molar-refractivity contribution in [3.05, 3.63) is 46.8 Å². The minimum absolute atomic E-state index is 0.0500. The van der Waals surface area contributed by atoms with Gasteiger partial charge in [0.15, 0.2) is 0 Å². The van der Waals surface area contributed by atoms with Gasteiger partial charge in [-0.15, -0.1) is 0 Å². The molecule has 1 aliphatic carbocycles. The average molecular weight is 464 g/mol. The lowest BCUT2D eigenvalue weighted by Gasteiger charge is -2.35. The summed E-state index contributed by atoms with van der Waals surface area (Å²) < 4.78 is 25.6. The summed E-state index contributed by atoms with van der Waals surface area (Å²) in [6.07, 6.45) is 3.01. The van der Waals surface area contributed by atoms with Crippen molar-refractivity contribution < 1.29 is 28.6 Å². The van der Waals surface area contributed by atoms with Gasteiger partial charge in [-0.1, -0.05) is 38.1 Å². The Balaban J connectivity index is 2.38. The summed E-state index contributed by atoms with van der Waals surface area (Å²) in [5.74, 6) is -0.490. The Bertz CT molecular complexity index is 874. The van der Waals surface area contributed by atoms with Gasteiger partial charge in [-0.05, 0) is 64.0 Å². The Morgan fingerprint density at radius 2 is 1.88 bits per heavy atom. The highest BCUT2D eigenvalue weighted by Crippen LogP contribution is 2.35. The number of aryl methyl sites for hydroxylation is 1. The molecule has 4 atom stereocenters. The molecule has 0 saturated heterocycles. The van der Waals surface area contributed by atoms with Crippen molar-refractivity contribution in [3.63, 3.8) is 0 Å². The third-order valence-electron chi connectivity index (χ3n) is 5.83. The van der Waals surface area contributed by atoms with E-state index >= 15 is 4.39 Å². The summed E-state index contributed by atoms with van der Waals surface area (Å²) in [5.41, 5.74) is 0.789. The van der Waals surface area contributed by atoms with Crippen LogP contribution >= 0.6 is 0 Å². The number of amides is 1. The van der Waals surface area contributed by atoms with Crippen molar-refractivity contribution in [1.82, 2.24) is 5.32 Å². The standard InChI is InChI=1S/C26H38FNO5/c1-8-32-23(30)14-21(28-25(31)33-26(5,6)7)20-13-17(11-16(4)24(20)27)12-19(15(2)3)18-9-10-22(18)29/h9-11,13,15,18-19,21-22,29H,8,12,14H2,1-7H3,(H,28,31)/t18-,19-,21-,22?/m0/s1. The molecule has 0 bridgehead atoms. The number of ether oxygens (including phenoxy) is 2. The molecule has 1 aromatic rings. The van der Waals surface area contributed by atoms with Crippen LogP contribution in [0.15, 0.2) is 24.3 Å². The van der Waals surface area contributed by atoms with Gasteiger partial charge in [-0.3, -0.25) is 4.79 Å². The van der Waals surface area contributed by atoms with E-state index in [0.29, 0.717) is 17.9 Å². The molecule has 0 saturated carbocycles. The number of hydrogen-bond donors (Lipinski definition) is 2. The Morgan fingerprint density at radius 3 is 2.36 bits per heavy atom. The van der Waals surface area contributed by atoms with E-state index in [0.717, 1.165) is 5.56 Å². The number of nitrogens with one attached hydrogen (secondary N) is 1. The van der Waals surface area contributed by atoms with Gasteiger partial charge in [-0.2, -0.15) is 0 Å². The maximum absolute atomic E-state index is 15.3. The van der Waals surface area contributed by atoms with Crippen LogP contribution in [0.5, 0.6) is 0 Å². The summed E-state index contributed by atoms with van der Waals surface area (Å²) >= 11 is 0. The molecule has 1 aliphatic rings. The van der Waals surface area contributed by atoms with Gasteiger partial charge < -0.3 is 19.9 Å². The lowest BCUT2D eigenvalue weighted by molar-refractivity contribution is -0.143. The SMILES string of the molecule is CCOC(=O)C[C@H](NC(=O)OC(C)(C)C)c1cc(C[C@@H](C(C)C)[C@@H]2C=CC2O)cc(C)c1F. The van der Waals surface area contributed by atoms with Crippen LogP contribution in [0.2, 0.25) is 0 Å². The fraction of sp³-hybridized carbons (Fsp3) is 0.615. The lowest BCUT2D eigenvalue weighted by Crippen LogP contribution is -2.36. The van der Waals surface area contributed by atoms with Gasteiger partial charge in [0.1, 0.15) is 11.4 Å². The molecule has 2 N–H and O–H groups in total. The fourth-order valence-electron chi connectivity index (χ4n) is 4.14. The fourth-order valence-corrected chi connectivity index (χ4v) is 4.14. The highest BCUT2D eigenvalue weighted by molar-refractivity contribution is 5.73. The first kappa shape index (κ1) is 26.8. The molecule has 0 aliphatic heterocycles. The molecule has 1 amide bonds. The second kappa shape index (κ2) is 11.1. The van der Waals surface area contributed by atoms with Crippen molar-refractivity contribution in [1.29, 1.82) is 0 Å². The molecular weight excluding hydrogens is 425 g/mol. The molecule has 33 heavy (non-hydrogen) atoms. The van der Waals surface area contributed by atoms with E-state index in [-0.39, 0.29) is 30.4 Å². The van der Waals surface area contributed by atoms with Crippen molar-refractivity contribution in [3.8, 4) is 0 Å². The van der Waals surface area contributed by atoms with Crippen molar-refractivity contribution in [2.24, 2.45) is 17.8 Å². The summed E-state index contributed by atoms with van der Waals surface area (Å²) in [6, 6.07) is 2.55. The number of benzene rings is 1. The number of carbonyl (C=O) groups is 2. The summed E-state index contributed by atoms with van der Waals surface area (Å²) in [6.45, 7) is 12.9. The number of rotatable bonds is 9. The molecule has 1 unspecified atom stereocenters. The number of esters is 1. The maximum atomic E-state index is 15.3. The quantitative estimate of drug-likeness (QED) is 0.397. The summed E-state index contributed by atoms with van der Waals surface area (Å²) in [5, 5.41) is 12.8. The normalized spacial score (nSPS) is 19.6. The molecule has 0 radical (unpaired) electrons. The molecule has 0 spiro atoms. The first-order valence-corrected chi connectivity index (χ1v) is 11.6. The zero-order chi connectivity index (χ0) is 24.9. The van der Waals surface area contributed by atoms with Crippen LogP contribution in [-0.4, -0.2) is 35.5 Å². The number of halogens is 1. The van der Waals surface area contributed by atoms with Gasteiger partial charge in [0.25, 0.3) is 0 Å². The van der Waals surface area contributed by atoms with Crippen molar-refractivity contribution in [2.45, 2.75) is 79.1 Å². The first-order chi connectivity index (χ1) is 15.3. The number of hydrogen-bond acceptors (Lipinski definition) is 5. The molecule has 7 heteroatoms. The summed E-state index contributed by atoms with van der Waals surface area (Å²) in [7, 11) is 0. The number of aliphatic hydroxyl groups is 1. The predicted octanol–water partition coefficient (Wildman–Crippen LogP) is 5.01. The van der Waals surface area contributed by atoms with Crippen LogP contribution in [0.4, 0.5) is 9.18 Å². The van der Waals surface area contributed by atoms with Gasteiger partial charge in [0.05, 0.1) is 25.2 Å². The van der Waals surface area contributed by atoms with E-state index in [9.17, 15) is 14.7 Å². The summed E-state index contributed by atoms with van der Waals surface area (Å²) in [4.78, 5) is 24.7. The average Bonchev–Trinajstić information content (AvgIpc) is 2.66. The molecule has 184 valence electrons. The van der Waals surface area contributed by atoms with Crippen LogP contribution in [0.1, 0.15) is 70.7 Å². The molecule has 0 fully saturated rings. The molecule has 0 heterocycles. The topological polar surface area (TPSA) is 84.9 Å². The zero-order valence-corrected chi connectivity index (χ0v) is 20.8. The largest absolute Gasteiger partial charge is 0.466 e. The van der Waals surface area contributed by atoms with Crippen molar-refractivity contribution >= 4 is 12.1 Å². The molecule has 2 rings (SSSR count). The predicted molar refractivity (Wildman–Crippen MR) is 125 cm³/mol. The molecular formula is C26H38FNO5. The smallest absolute Gasteiger partial charge is 0.408 e. The Hall–Kier alpha value is -2.41. The third-order valence-corrected chi connectivity index (χ3v) is 5.83. The van der Waals surface area contributed by atoms with Crippen LogP contribution in [-0.2, 0) is 20.7 Å². The van der Waals surface area contributed by atoms with Crippen LogP contribution < -0.4 is 5.32 Å². The maximum Gasteiger partial charge on any atom is 0.408 e. The minimum atomic E-state index is -0.941. The van der Waals surface area contributed by atoms with Crippen LogP contribution in [0.25, 0.3) is 0 Å². The Labute approximate surface area is 196 Å². The first-order valence-electron chi connectivity index (χ1n) is 11.6. The van der Waals surface area contributed by atoms with E-state index < -0.39 is 35.6 Å². The van der Waals surface area contributed by atoms with Gasteiger partial charge in [-0.25, -0.2) is 9.18 Å². The van der Waals surface area contributed by atoms with E-state index in [1.807, 2.05) is 6.08 Å². The molecule has 0 aromatic heterocycles. The van der Waals surface area contributed by atoms with E-state index in [1.54, 1.807) is 52.8 Å². The zero-order valence-electron chi connectivity index (χ0n) is 20.8. The Kier molecular flexibility index (Phi) is 9.06. The van der Waals surface area contributed by atoms with Crippen LogP contribution in [0, 0.1) is 30.5 Å². The van der Waals surface area contributed by atoms with Gasteiger partial charge in [0.2, 0.25) is 0 Å². The van der Waals surface area contributed by atoms with Gasteiger partial charge in [0, 0.05) is 11.5 Å². The van der Waals surface area contributed by atoms with Gasteiger partial charge >= 0.3 is 12.1 Å². The second-order valence-electron chi connectivity index (χ2n) is 10.1. The van der Waals surface area contributed by atoms with E-state index in [4.69, 9.17) is 9.47 Å². The highest BCUT2D eigenvalue weighted by atomic mass is 19.1. The lowest BCUT2D eigenvalue weighted by atomic mass is 9.72. The van der Waals surface area contributed by atoms with Crippen molar-refractivity contribution in [2.75, 3.05) is 6.61 Å². The number of alkyl carbamates (subject to hydrolysis) is 1. The van der Waals surface area contributed by atoms with E-state index in [1.165, 1.54) is 0 Å². The molecule has 1 aromatic carbocycles. The third kappa shape index (κ3) is 7.56. The minimum Gasteiger partial charge on any atom is -0.466 e. The second-order valence-corrected chi connectivity index (χ2v) is 10.1. The van der Waals surface area contributed by atoms with Crippen LogP contribution in [0.3, 0.4) is 0 Å².